The second-order valence-electron chi connectivity index (χ2n) is 4.59. The summed E-state index contributed by atoms with van der Waals surface area (Å²) in [4.78, 5) is 34.4. The molecule has 0 heterocycles. The smallest absolute Gasteiger partial charge is 0.317 e. The van der Waals surface area contributed by atoms with Gasteiger partial charge >= 0.3 is 5.97 Å². The van der Waals surface area contributed by atoms with Gasteiger partial charge in [0.25, 0.3) is 0 Å². The van der Waals surface area contributed by atoms with Crippen LogP contribution in [0.4, 0.5) is 0 Å². The number of benzene rings is 1. The molecule has 0 fully saturated rings. The molecule has 0 radical (unpaired) electrons. The first-order valence-electron chi connectivity index (χ1n) is 6.50. The summed E-state index contributed by atoms with van der Waals surface area (Å²) in [7, 11) is 0. The second kappa shape index (κ2) is 8.70. The molecule has 0 aromatic heterocycles. The molecular formula is C14H19N3O4. The Balaban J connectivity index is 2.35. The average molecular weight is 293 g/mol. The maximum absolute atomic E-state index is 11.7. The van der Waals surface area contributed by atoms with Crippen molar-refractivity contribution in [2.24, 2.45) is 5.73 Å². The van der Waals surface area contributed by atoms with Gasteiger partial charge in [0.1, 0.15) is 0 Å². The van der Waals surface area contributed by atoms with E-state index in [4.69, 9.17) is 10.8 Å². The predicted molar refractivity (Wildman–Crippen MR) is 76.4 cm³/mol. The molecule has 21 heavy (non-hydrogen) atoms. The van der Waals surface area contributed by atoms with E-state index in [1.165, 1.54) is 4.90 Å². The molecule has 0 spiro atoms. The van der Waals surface area contributed by atoms with Crippen LogP contribution < -0.4 is 11.1 Å². The summed E-state index contributed by atoms with van der Waals surface area (Å²) in [5, 5.41) is 11.4. The van der Waals surface area contributed by atoms with Crippen molar-refractivity contribution < 1.29 is 19.5 Å². The summed E-state index contributed by atoms with van der Waals surface area (Å²) in [5.74, 6) is -2.13. The molecule has 0 saturated heterocycles. The summed E-state index contributed by atoms with van der Waals surface area (Å²) in [5.41, 5.74) is 6.11. The highest BCUT2D eigenvalue weighted by Crippen LogP contribution is 1.98. The second-order valence-corrected chi connectivity index (χ2v) is 4.59. The first-order chi connectivity index (χ1) is 9.97. The first kappa shape index (κ1) is 16.6. The van der Waals surface area contributed by atoms with E-state index >= 15 is 0 Å². The van der Waals surface area contributed by atoms with E-state index in [0.717, 1.165) is 5.56 Å². The zero-order chi connectivity index (χ0) is 15.7. The third-order valence-corrected chi connectivity index (χ3v) is 2.68. The Kier molecular flexibility index (Phi) is 6.90. The Bertz CT molecular complexity index is 474. The van der Waals surface area contributed by atoms with E-state index in [2.05, 4.69) is 5.32 Å². The van der Waals surface area contributed by atoms with E-state index < -0.39 is 18.4 Å². The highest BCUT2D eigenvalue weighted by Gasteiger charge is 2.15. The Hall–Kier alpha value is -2.41. The largest absolute Gasteiger partial charge is 0.480 e. The summed E-state index contributed by atoms with van der Waals surface area (Å²) in [6.45, 7) is -0.405. The van der Waals surface area contributed by atoms with Crippen LogP contribution in [0, 0.1) is 0 Å². The molecule has 4 N–H and O–H groups in total. The SMILES string of the molecule is NC(=O)CN(CC(=O)O)CC(=O)NCCc1ccccc1. The van der Waals surface area contributed by atoms with Gasteiger partial charge in [0.15, 0.2) is 0 Å². The molecule has 0 aliphatic rings. The number of primary amides is 1. The molecule has 0 aliphatic carbocycles. The van der Waals surface area contributed by atoms with Gasteiger partial charge in [-0.2, -0.15) is 0 Å². The van der Waals surface area contributed by atoms with Crippen LogP contribution in [-0.2, 0) is 20.8 Å². The predicted octanol–water partition coefficient (Wildman–Crippen LogP) is -0.783. The van der Waals surface area contributed by atoms with Crippen LogP contribution in [0.3, 0.4) is 0 Å². The molecule has 2 amide bonds. The zero-order valence-electron chi connectivity index (χ0n) is 11.6. The summed E-state index contributed by atoms with van der Waals surface area (Å²) >= 11 is 0. The summed E-state index contributed by atoms with van der Waals surface area (Å²) in [6.07, 6.45) is 0.682. The van der Waals surface area contributed by atoms with Gasteiger partial charge in [-0.05, 0) is 12.0 Å². The van der Waals surface area contributed by atoms with Gasteiger partial charge in [-0.3, -0.25) is 19.3 Å². The van der Waals surface area contributed by atoms with E-state index in [9.17, 15) is 14.4 Å². The minimum atomic E-state index is -1.12. The Labute approximate surface area is 122 Å². The fraction of sp³-hybridized carbons (Fsp3) is 0.357. The normalized spacial score (nSPS) is 10.3. The Morgan fingerprint density at radius 1 is 1.10 bits per heavy atom. The van der Waals surface area contributed by atoms with Crippen molar-refractivity contribution in [1.82, 2.24) is 10.2 Å². The lowest BCUT2D eigenvalue weighted by Gasteiger charge is -2.17. The van der Waals surface area contributed by atoms with Crippen LogP contribution in [-0.4, -0.2) is 54.0 Å². The molecule has 7 nitrogen and oxygen atoms in total. The van der Waals surface area contributed by atoms with Gasteiger partial charge in [-0.25, -0.2) is 0 Å². The van der Waals surface area contributed by atoms with Crippen LogP contribution in [0.1, 0.15) is 5.56 Å². The number of nitrogens with two attached hydrogens (primary N) is 1. The molecular weight excluding hydrogens is 274 g/mol. The van der Waals surface area contributed by atoms with Gasteiger partial charge in [0.05, 0.1) is 19.6 Å². The maximum Gasteiger partial charge on any atom is 0.317 e. The fourth-order valence-corrected chi connectivity index (χ4v) is 1.83. The van der Waals surface area contributed by atoms with E-state index in [0.29, 0.717) is 13.0 Å². The Morgan fingerprint density at radius 2 is 1.76 bits per heavy atom. The van der Waals surface area contributed by atoms with Gasteiger partial charge in [0.2, 0.25) is 11.8 Å². The van der Waals surface area contributed by atoms with Crippen LogP contribution in [0.2, 0.25) is 0 Å². The molecule has 114 valence electrons. The van der Waals surface area contributed by atoms with E-state index in [1.807, 2.05) is 30.3 Å². The molecule has 1 rings (SSSR count). The van der Waals surface area contributed by atoms with Crippen molar-refractivity contribution in [3.63, 3.8) is 0 Å². The number of rotatable bonds is 9. The third kappa shape index (κ3) is 7.68. The number of amides is 2. The number of carboxylic acid groups (broad SMARTS) is 1. The number of nitrogens with one attached hydrogen (secondary N) is 1. The monoisotopic (exact) mass is 293 g/mol. The lowest BCUT2D eigenvalue weighted by molar-refractivity contribution is -0.139. The van der Waals surface area contributed by atoms with Crippen molar-refractivity contribution in [3.05, 3.63) is 35.9 Å². The van der Waals surface area contributed by atoms with Crippen molar-refractivity contribution >= 4 is 17.8 Å². The number of nitrogens with zero attached hydrogens (tertiary/aromatic N) is 1. The quantitative estimate of drug-likeness (QED) is 0.552. The lowest BCUT2D eigenvalue weighted by atomic mass is 10.1. The van der Waals surface area contributed by atoms with Gasteiger partial charge < -0.3 is 16.2 Å². The van der Waals surface area contributed by atoms with Crippen molar-refractivity contribution in [2.45, 2.75) is 6.42 Å². The van der Waals surface area contributed by atoms with Gasteiger partial charge in [-0.1, -0.05) is 30.3 Å². The van der Waals surface area contributed by atoms with Crippen LogP contribution in [0.5, 0.6) is 0 Å². The number of carboxylic acids is 1. The molecule has 0 atom stereocenters. The van der Waals surface area contributed by atoms with Crippen molar-refractivity contribution in [1.29, 1.82) is 0 Å². The molecule has 7 heteroatoms. The van der Waals surface area contributed by atoms with Crippen molar-refractivity contribution in [3.8, 4) is 0 Å². The number of carbonyl (C=O) groups is 3. The van der Waals surface area contributed by atoms with E-state index in [-0.39, 0.29) is 19.0 Å². The lowest BCUT2D eigenvalue weighted by Crippen LogP contribution is -2.44. The van der Waals surface area contributed by atoms with Crippen LogP contribution in [0.15, 0.2) is 30.3 Å². The molecule has 0 unspecified atom stereocenters. The van der Waals surface area contributed by atoms with Gasteiger partial charge in [0, 0.05) is 6.54 Å². The number of carbonyl (C=O) groups excluding carboxylic acids is 2. The highest BCUT2D eigenvalue weighted by atomic mass is 16.4. The number of aliphatic carboxylic acids is 1. The first-order valence-corrected chi connectivity index (χ1v) is 6.50. The minimum absolute atomic E-state index is 0.177. The average Bonchev–Trinajstić information content (AvgIpc) is 2.38. The molecule has 0 bridgehead atoms. The molecule has 0 saturated carbocycles. The molecule has 1 aromatic rings. The van der Waals surface area contributed by atoms with Crippen LogP contribution in [0.25, 0.3) is 0 Å². The van der Waals surface area contributed by atoms with Crippen molar-refractivity contribution in [2.75, 3.05) is 26.2 Å². The standard InChI is InChI=1S/C14H19N3O4/c15-12(18)8-17(10-14(20)21)9-13(19)16-7-6-11-4-2-1-3-5-11/h1-5H,6-10H2,(H2,15,18)(H,16,19)(H,20,21). The van der Waals surface area contributed by atoms with E-state index in [1.54, 1.807) is 0 Å². The highest BCUT2D eigenvalue weighted by molar-refractivity contribution is 5.81. The summed E-state index contributed by atoms with van der Waals surface area (Å²) in [6, 6.07) is 9.65. The van der Waals surface area contributed by atoms with Crippen LogP contribution >= 0.6 is 0 Å². The Morgan fingerprint density at radius 3 is 2.33 bits per heavy atom. The van der Waals surface area contributed by atoms with Gasteiger partial charge in [-0.15, -0.1) is 0 Å². The molecule has 0 aliphatic heterocycles. The maximum atomic E-state index is 11.7. The zero-order valence-corrected chi connectivity index (χ0v) is 11.6. The molecule has 1 aromatic carbocycles. The third-order valence-electron chi connectivity index (χ3n) is 2.68. The minimum Gasteiger partial charge on any atom is -0.480 e. The number of hydrogen-bond donors (Lipinski definition) is 3. The number of hydrogen-bond acceptors (Lipinski definition) is 4. The summed E-state index contributed by atoms with van der Waals surface area (Å²) < 4.78 is 0. The fourth-order valence-electron chi connectivity index (χ4n) is 1.83. The topological polar surface area (TPSA) is 113 Å².